The van der Waals surface area contributed by atoms with Crippen LogP contribution in [0.5, 0.6) is 0 Å². The molecule has 1 aromatic rings. The van der Waals surface area contributed by atoms with Gasteiger partial charge in [0.1, 0.15) is 11.9 Å². The first-order valence-electron chi connectivity index (χ1n) is 11.2. The molecule has 2 amide bonds. The molecule has 0 radical (unpaired) electrons. The number of nitrogens with one attached hydrogen (secondary N) is 3. The number of carbonyl (C=O) groups excluding carboxylic acids is 2. The SMILES string of the molecule is CC=C(CC)NCC(=O)NC(CCC)C(=O)NCCCc1cccc(F)c1CCC. The summed E-state index contributed by atoms with van der Waals surface area (Å²) in [5.41, 5.74) is 2.79. The highest BCUT2D eigenvalue weighted by molar-refractivity contribution is 5.88. The van der Waals surface area contributed by atoms with E-state index in [1.54, 1.807) is 6.07 Å². The molecule has 3 N–H and O–H groups in total. The van der Waals surface area contributed by atoms with Crippen molar-refractivity contribution in [3.05, 3.63) is 46.9 Å². The second-order valence-corrected chi connectivity index (χ2v) is 7.45. The quantitative estimate of drug-likeness (QED) is 0.399. The van der Waals surface area contributed by atoms with Crippen molar-refractivity contribution in [2.45, 2.75) is 78.7 Å². The Bertz CT molecular complexity index is 704. The minimum atomic E-state index is -0.537. The van der Waals surface area contributed by atoms with Gasteiger partial charge in [-0.15, -0.1) is 0 Å². The average Bonchev–Trinajstić information content (AvgIpc) is 2.73. The largest absolute Gasteiger partial charge is 0.380 e. The van der Waals surface area contributed by atoms with E-state index in [1.807, 2.05) is 39.8 Å². The fourth-order valence-corrected chi connectivity index (χ4v) is 3.41. The zero-order valence-corrected chi connectivity index (χ0v) is 18.9. The summed E-state index contributed by atoms with van der Waals surface area (Å²) in [6.07, 6.45) is 7.21. The zero-order valence-electron chi connectivity index (χ0n) is 18.9. The smallest absolute Gasteiger partial charge is 0.242 e. The molecule has 1 unspecified atom stereocenters. The summed E-state index contributed by atoms with van der Waals surface area (Å²) in [4.78, 5) is 24.7. The maximum atomic E-state index is 14.0. The molecule has 168 valence electrons. The van der Waals surface area contributed by atoms with E-state index in [0.717, 1.165) is 48.9 Å². The molecule has 1 rings (SSSR count). The summed E-state index contributed by atoms with van der Waals surface area (Å²) in [5, 5.41) is 8.82. The lowest BCUT2D eigenvalue weighted by Crippen LogP contribution is -2.49. The lowest BCUT2D eigenvalue weighted by Gasteiger charge is -2.19. The Morgan fingerprint density at radius 2 is 1.87 bits per heavy atom. The van der Waals surface area contributed by atoms with Gasteiger partial charge in [0.2, 0.25) is 11.8 Å². The molecule has 5 nitrogen and oxygen atoms in total. The van der Waals surface area contributed by atoms with Crippen molar-refractivity contribution in [2.75, 3.05) is 13.1 Å². The van der Waals surface area contributed by atoms with Gasteiger partial charge in [0.05, 0.1) is 6.54 Å². The molecule has 6 heteroatoms. The van der Waals surface area contributed by atoms with Gasteiger partial charge in [0.15, 0.2) is 0 Å². The van der Waals surface area contributed by atoms with Crippen molar-refractivity contribution in [3.8, 4) is 0 Å². The Balaban J connectivity index is 2.50. The number of aryl methyl sites for hydroxylation is 1. The van der Waals surface area contributed by atoms with Crippen LogP contribution in [0.4, 0.5) is 4.39 Å². The molecule has 0 saturated carbocycles. The molecule has 0 spiro atoms. The van der Waals surface area contributed by atoms with E-state index in [4.69, 9.17) is 0 Å². The van der Waals surface area contributed by atoms with Gasteiger partial charge in [-0.3, -0.25) is 9.59 Å². The normalized spacial score (nSPS) is 12.4. The molecule has 1 atom stereocenters. The van der Waals surface area contributed by atoms with Gasteiger partial charge < -0.3 is 16.0 Å². The van der Waals surface area contributed by atoms with Crippen LogP contribution in [0.2, 0.25) is 0 Å². The van der Waals surface area contributed by atoms with Crippen LogP contribution in [0.15, 0.2) is 30.0 Å². The molecule has 0 aliphatic rings. The number of rotatable bonds is 14. The number of hydrogen-bond acceptors (Lipinski definition) is 3. The maximum absolute atomic E-state index is 14.0. The number of allylic oxidation sites excluding steroid dienone is 2. The van der Waals surface area contributed by atoms with Crippen LogP contribution in [0.25, 0.3) is 0 Å². The van der Waals surface area contributed by atoms with Crippen molar-refractivity contribution < 1.29 is 14.0 Å². The number of amides is 2. The van der Waals surface area contributed by atoms with Crippen LogP contribution in [0.1, 0.15) is 70.9 Å². The minimum absolute atomic E-state index is 0.151. The van der Waals surface area contributed by atoms with Crippen molar-refractivity contribution >= 4 is 11.8 Å². The molecule has 0 saturated heterocycles. The van der Waals surface area contributed by atoms with E-state index in [2.05, 4.69) is 16.0 Å². The topological polar surface area (TPSA) is 70.2 Å². The Morgan fingerprint density at radius 3 is 2.50 bits per heavy atom. The van der Waals surface area contributed by atoms with Gasteiger partial charge in [0.25, 0.3) is 0 Å². The Labute approximate surface area is 180 Å². The summed E-state index contributed by atoms with van der Waals surface area (Å²) >= 11 is 0. The fraction of sp³-hybridized carbons (Fsp3) is 0.583. The van der Waals surface area contributed by atoms with Crippen LogP contribution >= 0.6 is 0 Å². The van der Waals surface area contributed by atoms with E-state index in [0.29, 0.717) is 19.4 Å². The Morgan fingerprint density at radius 1 is 1.10 bits per heavy atom. The van der Waals surface area contributed by atoms with Gasteiger partial charge in [-0.1, -0.05) is 51.8 Å². The predicted octanol–water partition coefficient (Wildman–Crippen LogP) is 4.02. The molecular formula is C24H38FN3O2. The van der Waals surface area contributed by atoms with Crippen molar-refractivity contribution in [1.29, 1.82) is 0 Å². The van der Waals surface area contributed by atoms with Crippen LogP contribution < -0.4 is 16.0 Å². The molecule has 0 aliphatic heterocycles. The number of benzene rings is 1. The van der Waals surface area contributed by atoms with E-state index in [-0.39, 0.29) is 24.2 Å². The predicted molar refractivity (Wildman–Crippen MR) is 121 cm³/mol. The average molecular weight is 420 g/mol. The van der Waals surface area contributed by atoms with Gasteiger partial charge >= 0.3 is 0 Å². The zero-order chi connectivity index (χ0) is 22.4. The van der Waals surface area contributed by atoms with E-state index >= 15 is 0 Å². The summed E-state index contributed by atoms with van der Waals surface area (Å²) in [5.74, 6) is -0.512. The molecule has 0 aromatic heterocycles. The van der Waals surface area contributed by atoms with Crippen LogP contribution in [-0.2, 0) is 22.4 Å². The van der Waals surface area contributed by atoms with E-state index in [1.165, 1.54) is 6.07 Å². The Kier molecular flexibility index (Phi) is 12.5. The van der Waals surface area contributed by atoms with Crippen LogP contribution in [0.3, 0.4) is 0 Å². The highest BCUT2D eigenvalue weighted by atomic mass is 19.1. The molecule has 30 heavy (non-hydrogen) atoms. The lowest BCUT2D eigenvalue weighted by atomic mass is 9.99. The van der Waals surface area contributed by atoms with Gasteiger partial charge in [-0.2, -0.15) is 0 Å². The molecule has 0 aliphatic carbocycles. The van der Waals surface area contributed by atoms with E-state index in [9.17, 15) is 14.0 Å². The molecular weight excluding hydrogens is 381 g/mol. The maximum Gasteiger partial charge on any atom is 0.242 e. The molecule has 1 aromatic carbocycles. The van der Waals surface area contributed by atoms with Crippen molar-refractivity contribution in [3.63, 3.8) is 0 Å². The van der Waals surface area contributed by atoms with Crippen molar-refractivity contribution in [1.82, 2.24) is 16.0 Å². The van der Waals surface area contributed by atoms with Gasteiger partial charge in [0, 0.05) is 12.2 Å². The molecule has 0 bridgehead atoms. The lowest BCUT2D eigenvalue weighted by molar-refractivity contribution is -0.128. The number of carbonyl (C=O) groups is 2. The molecule has 0 fully saturated rings. The van der Waals surface area contributed by atoms with Crippen LogP contribution in [-0.4, -0.2) is 30.9 Å². The summed E-state index contributed by atoms with van der Waals surface area (Å²) in [7, 11) is 0. The minimum Gasteiger partial charge on any atom is -0.380 e. The monoisotopic (exact) mass is 419 g/mol. The third kappa shape index (κ3) is 8.97. The fourth-order valence-electron chi connectivity index (χ4n) is 3.41. The number of halogens is 1. The summed E-state index contributed by atoms with van der Waals surface area (Å²) in [6, 6.07) is 4.66. The van der Waals surface area contributed by atoms with Gasteiger partial charge in [-0.25, -0.2) is 4.39 Å². The Hall–Kier alpha value is -2.37. The first-order chi connectivity index (χ1) is 14.5. The second-order valence-electron chi connectivity index (χ2n) is 7.45. The van der Waals surface area contributed by atoms with Crippen LogP contribution in [0, 0.1) is 5.82 Å². The third-order valence-electron chi connectivity index (χ3n) is 5.07. The van der Waals surface area contributed by atoms with E-state index < -0.39 is 6.04 Å². The first kappa shape index (κ1) is 25.7. The standard InChI is InChI=1S/C24H38FN3O2/c1-5-11-20-18(13-9-15-21(20)25)14-10-16-26-24(30)22(12-6-2)28-23(29)17-27-19(7-3)8-4/h7,9,13,15,22,27H,5-6,8,10-12,14,16-17H2,1-4H3,(H,26,30)(H,28,29). The highest BCUT2D eigenvalue weighted by Crippen LogP contribution is 2.17. The summed E-state index contributed by atoms with van der Waals surface area (Å²) in [6.45, 7) is 8.61. The highest BCUT2D eigenvalue weighted by Gasteiger charge is 2.19. The van der Waals surface area contributed by atoms with Crippen molar-refractivity contribution in [2.24, 2.45) is 0 Å². The second kappa shape index (κ2) is 14.6. The summed E-state index contributed by atoms with van der Waals surface area (Å²) < 4.78 is 14.0. The molecule has 0 heterocycles. The number of hydrogen-bond donors (Lipinski definition) is 3. The van der Waals surface area contributed by atoms with Gasteiger partial charge in [-0.05, 0) is 56.2 Å². The first-order valence-corrected chi connectivity index (χ1v) is 11.2. The third-order valence-corrected chi connectivity index (χ3v) is 5.07.